The highest BCUT2D eigenvalue weighted by molar-refractivity contribution is 7.89. The molecule has 0 bridgehead atoms. The number of nitrogens with one attached hydrogen (secondary N) is 1. The summed E-state index contributed by atoms with van der Waals surface area (Å²) in [5.74, 6) is -0.609. The van der Waals surface area contributed by atoms with Crippen LogP contribution in [0, 0.1) is 0 Å². The van der Waals surface area contributed by atoms with Gasteiger partial charge in [0.2, 0.25) is 10.0 Å². The van der Waals surface area contributed by atoms with E-state index in [4.69, 9.17) is 5.21 Å². The van der Waals surface area contributed by atoms with Gasteiger partial charge in [-0.05, 0) is 60.8 Å². The van der Waals surface area contributed by atoms with E-state index >= 15 is 0 Å². The quantitative estimate of drug-likeness (QED) is 0.313. The summed E-state index contributed by atoms with van der Waals surface area (Å²) < 4.78 is 28.1. The first-order chi connectivity index (χ1) is 18.4. The summed E-state index contributed by atoms with van der Waals surface area (Å²) in [6, 6.07) is 15.7. The van der Waals surface area contributed by atoms with E-state index in [1.807, 2.05) is 17.0 Å². The van der Waals surface area contributed by atoms with Gasteiger partial charge in [0.15, 0.2) is 5.13 Å². The predicted octanol–water partition coefficient (Wildman–Crippen LogP) is 4.24. The minimum Gasteiger partial charge on any atom is -0.345 e. The van der Waals surface area contributed by atoms with Gasteiger partial charge in [0.05, 0.1) is 11.1 Å². The number of amides is 1. The van der Waals surface area contributed by atoms with Crippen molar-refractivity contribution in [3.8, 4) is 11.1 Å². The second-order valence-corrected chi connectivity index (χ2v) is 12.7. The Labute approximate surface area is 239 Å². The Morgan fingerprint density at radius 2 is 1.62 bits per heavy atom. The SMILES string of the molecule is Cl.O=C(NO)c1cnc(N2CCN(S(=O)(=O)c3ccc(-c4cccc(CN5CCCCCC5)c4)cc3)CC2)s1. The van der Waals surface area contributed by atoms with Crippen molar-refractivity contribution >= 4 is 44.8 Å². The number of aromatic nitrogens is 1. The van der Waals surface area contributed by atoms with Crippen molar-refractivity contribution in [1.29, 1.82) is 0 Å². The van der Waals surface area contributed by atoms with Crippen LogP contribution in [0.15, 0.2) is 59.6 Å². The first-order valence-corrected chi connectivity index (χ1v) is 15.3. The average molecular weight is 592 g/mol. The monoisotopic (exact) mass is 591 g/mol. The lowest BCUT2D eigenvalue weighted by molar-refractivity contribution is 0.0710. The molecular formula is C27H34ClN5O4S2. The van der Waals surface area contributed by atoms with Gasteiger partial charge in [-0.3, -0.25) is 14.9 Å². The van der Waals surface area contributed by atoms with E-state index in [0.29, 0.717) is 36.2 Å². The molecule has 0 radical (unpaired) electrons. The molecular weight excluding hydrogens is 558 g/mol. The molecule has 0 saturated carbocycles. The number of nitrogens with zero attached hydrogens (tertiary/aromatic N) is 4. The van der Waals surface area contributed by atoms with Gasteiger partial charge in [0.1, 0.15) is 4.88 Å². The summed E-state index contributed by atoms with van der Waals surface area (Å²) in [5.41, 5.74) is 4.97. The van der Waals surface area contributed by atoms with Crippen molar-refractivity contribution in [3.63, 3.8) is 0 Å². The molecule has 2 fully saturated rings. The lowest BCUT2D eigenvalue weighted by atomic mass is 10.0. The van der Waals surface area contributed by atoms with E-state index in [1.165, 1.54) is 41.7 Å². The normalized spacial score (nSPS) is 17.3. The van der Waals surface area contributed by atoms with Gasteiger partial charge in [0.25, 0.3) is 5.91 Å². The van der Waals surface area contributed by atoms with Gasteiger partial charge in [0, 0.05) is 32.7 Å². The fourth-order valence-electron chi connectivity index (χ4n) is 5.06. The molecule has 2 N–H and O–H groups in total. The number of sulfonamides is 1. The molecule has 5 rings (SSSR count). The molecule has 9 nitrogen and oxygen atoms in total. The maximum Gasteiger partial charge on any atom is 0.286 e. The molecule has 0 atom stereocenters. The van der Waals surface area contributed by atoms with Gasteiger partial charge in [-0.25, -0.2) is 18.9 Å². The number of carbonyl (C=O) groups excluding carboxylic acids is 1. The first kappa shape index (κ1) is 29.4. The molecule has 39 heavy (non-hydrogen) atoms. The average Bonchev–Trinajstić information content (AvgIpc) is 3.31. The number of hydrogen-bond acceptors (Lipinski definition) is 8. The molecule has 0 unspecified atom stereocenters. The Balaban J connectivity index is 0.00000353. The lowest BCUT2D eigenvalue weighted by Gasteiger charge is -2.33. The number of piperazine rings is 1. The summed E-state index contributed by atoms with van der Waals surface area (Å²) in [7, 11) is -3.62. The number of hydrogen-bond donors (Lipinski definition) is 2. The highest BCUT2D eigenvalue weighted by Crippen LogP contribution is 2.27. The van der Waals surface area contributed by atoms with E-state index in [2.05, 4.69) is 34.1 Å². The van der Waals surface area contributed by atoms with Crippen molar-refractivity contribution in [2.75, 3.05) is 44.2 Å². The van der Waals surface area contributed by atoms with Gasteiger partial charge >= 0.3 is 0 Å². The van der Waals surface area contributed by atoms with E-state index < -0.39 is 15.9 Å². The number of benzene rings is 2. The molecule has 210 valence electrons. The maximum atomic E-state index is 13.3. The van der Waals surface area contributed by atoms with Crippen molar-refractivity contribution < 1.29 is 18.4 Å². The molecule has 1 amide bonds. The van der Waals surface area contributed by atoms with Crippen LogP contribution in [-0.4, -0.2) is 73.0 Å². The van der Waals surface area contributed by atoms with E-state index in [1.54, 1.807) is 17.6 Å². The second-order valence-electron chi connectivity index (χ2n) is 9.75. The van der Waals surface area contributed by atoms with Crippen LogP contribution in [0.25, 0.3) is 11.1 Å². The summed E-state index contributed by atoms with van der Waals surface area (Å²) in [6.07, 6.45) is 6.57. The fraction of sp³-hybridized carbons (Fsp3) is 0.407. The zero-order valence-corrected chi connectivity index (χ0v) is 24.1. The number of thiazole rings is 1. The van der Waals surface area contributed by atoms with Crippen LogP contribution in [0.2, 0.25) is 0 Å². The van der Waals surface area contributed by atoms with Crippen molar-refractivity contribution in [1.82, 2.24) is 19.7 Å². The summed E-state index contributed by atoms with van der Waals surface area (Å²) >= 11 is 1.16. The standard InChI is InChI=1S/C27H33N5O4S2.ClH/c33-26(29-34)25-19-28-27(37-25)31-14-16-32(17-15-31)38(35,36)24-10-8-22(9-11-24)23-7-5-6-21(18-23)20-30-12-3-1-2-4-13-30;/h5-11,18-19,34H,1-4,12-17,20H2,(H,29,33);1H. The van der Waals surface area contributed by atoms with Crippen molar-refractivity contribution in [2.45, 2.75) is 37.1 Å². The van der Waals surface area contributed by atoms with Gasteiger partial charge in [-0.15, -0.1) is 12.4 Å². The van der Waals surface area contributed by atoms with Gasteiger partial charge in [-0.2, -0.15) is 4.31 Å². The zero-order valence-electron chi connectivity index (χ0n) is 21.7. The number of halogens is 1. The van der Waals surface area contributed by atoms with Crippen LogP contribution in [0.5, 0.6) is 0 Å². The van der Waals surface area contributed by atoms with Gasteiger partial charge < -0.3 is 4.90 Å². The van der Waals surface area contributed by atoms with Crippen LogP contribution in [0.3, 0.4) is 0 Å². The summed E-state index contributed by atoms with van der Waals surface area (Å²) in [6.45, 7) is 4.83. The highest BCUT2D eigenvalue weighted by Gasteiger charge is 2.29. The second kappa shape index (κ2) is 13.2. The Hall–Kier alpha value is -2.54. The van der Waals surface area contributed by atoms with E-state index in [9.17, 15) is 13.2 Å². The largest absolute Gasteiger partial charge is 0.345 e. The molecule has 2 saturated heterocycles. The van der Waals surface area contributed by atoms with E-state index in [-0.39, 0.29) is 17.3 Å². The van der Waals surface area contributed by atoms with Crippen LogP contribution in [-0.2, 0) is 16.6 Å². The van der Waals surface area contributed by atoms with Gasteiger partial charge in [-0.1, -0.05) is 54.5 Å². The number of hydroxylamine groups is 1. The smallest absolute Gasteiger partial charge is 0.286 e. The van der Waals surface area contributed by atoms with Crippen LogP contribution >= 0.6 is 23.7 Å². The van der Waals surface area contributed by atoms with Crippen LogP contribution in [0.4, 0.5) is 5.13 Å². The van der Waals surface area contributed by atoms with Crippen molar-refractivity contribution in [3.05, 3.63) is 65.2 Å². The third kappa shape index (κ3) is 6.97. The molecule has 3 aromatic rings. The third-order valence-corrected chi connectivity index (χ3v) is 10.2. The molecule has 3 heterocycles. The number of rotatable bonds is 7. The number of carbonyl (C=O) groups is 1. The van der Waals surface area contributed by atoms with E-state index in [0.717, 1.165) is 42.1 Å². The number of likely N-dealkylation sites (tertiary alicyclic amines) is 1. The molecule has 2 aliphatic heterocycles. The minimum absolute atomic E-state index is 0. The molecule has 0 spiro atoms. The summed E-state index contributed by atoms with van der Waals surface area (Å²) in [5, 5.41) is 9.42. The Kier molecular flexibility index (Phi) is 9.97. The Morgan fingerprint density at radius 1 is 0.923 bits per heavy atom. The zero-order chi connectivity index (χ0) is 26.5. The van der Waals surface area contributed by atoms with Crippen LogP contribution in [0.1, 0.15) is 40.9 Å². The molecule has 0 aliphatic carbocycles. The van der Waals surface area contributed by atoms with Crippen LogP contribution < -0.4 is 10.4 Å². The third-order valence-electron chi connectivity index (χ3n) is 7.19. The predicted molar refractivity (Wildman–Crippen MR) is 155 cm³/mol. The summed E-state index contributed by atoms with van der Waals surface area (Å²) in [4.78, 5) is 20.9. The fourth-order valence-corrected chi connectivity index (χ4v) is 7.34. The molecule has 12 heteroatoms. The topological polar surface area (TPSA) is 106 Å². The molecule has 2 aliphatic rings. The minimum atomic E-state index is -3.62. The Morgan fingerprint density at radius 3 is 2.28 bits per heavy atom. The maximum absolute atomic E-state index is 13.3. The molecule has 2 aromatic carbocycles. The molecule has 1 aromatic heterocycles. The highest BCUT2D eigenvalue weighted by atomic mass is 35.5. The first-order valence-electron chi connectivity index (χ1n) is 13.0. The lowest BCUT2D eigenvalue weighted by Crippen LogP contribution is -2.48. The number of anilines is 1. The van der Waals surface area contributed by atoms with Crippen molar-refractivity contribution in [2.24, 2.45) is 0 Å². The Bertz CT molecular complexity index is 1350.